The lowest BCUT2D eigenvalue weighted by atomic mass is 10.0. The molecule has 90 valence electrons. The highest BCUT2D eigenvalue weighted by Crippen LogP contribution is 2.09. The number of carboxylic acids is 1. The van der Waals surface area contributed by atoms with E-state index >= 15 is 0 Å². The first-order valence-corrected chi connectivity index (χ1v) is 5.50. The molecule has 1 atom stereocenters. The van der Waals surface area contributed by atoms with Crippen LogP contribution in [0.4, 0.5) is 0 Å². The van der Waals surface area contributed by atoms with Gasteiger partial charge < -0.3 is 9.52 Å². The average Bonchev–Trinajstić information content (AvgIpc) is 2.58. The van der Waals surface area contributed by atoms with Gasteiger partial charge in [-0.1, -0.05) is 13.8 Å². The Morgan fingerprint density at radius 2 is 2.19 bits per heavy atom. The third-order valence-corrected chi connectivity index (χ3v) is 2.32. The molecule has 4 nitrogen and oxygen atoms in total. The van der Waals surface area contributed by atoms with Crippen LogP contribution >= 0.6 is 0 Å². The minimum atomic E-state index is -0.808. The standard InChI is InChI=1S/C12H19NO3/c1-8(2)6-11(12(14)15)13-7-10-5-4-9(3)16-10/h4-5,8,11,13H,6-7H2,1-3H3,(H,14,15)/t11-/m1/s1. The lowest BCUT2D eigenvalue weighted by molar-refractivity contribution is -0.140. The molecular weight excluding hydrogens is 206 g/mol. The van der Waals surface area contributed by atoms with Gasteiger partial charge in [0.15, 0.2) is 0 Å². The Morgan fingerprint density at radius 1 is 1.50 bits per heavy atom. The van der Waals surface area contributed by atoms with Crippen LogP contribution in [-0.2, 0) is 11.3 Å². The molecular formula is C12H19NO3. The largest absolute Gasteiger partial charge is 0.480 e. The van der Waals surface area contributed by atoms with Gasteiger partial charge in [-0.05, 0) is 31.4 Å². The smallest absolute Gasteiger partial charge is 0.320 e. The van der Waals surface area contributed by atoms with Gasteiger partial charge in [-0.3, -0.25) is 10.1 Å². The van der Waals surface area contributed by atoms with Crippen LogP contribution in [0.5, 0.6) is 0 Å². The molecule has 0 saturated heterocycles. The molecule has 1 heterocycles. The summed E-state index contributed by atoms with van der Waals surface area (Å²) < 4.78 is 5.36. The number of aliphatic carboxylic acids is 1. The van der Waals surface area contributed by atoms with E-state index < -0.39 is 12.0 Å². The molecule has 0 amide bonds. The second-order valence-electron chi connectivity index (χ2n) is 4.41. The highest BCUT2D eigenvalue weighted by Gasteiger charge is 2.18. The van der Waals surface area contributed by atoms with Gasteiger partial charge in [0.2, 0.25) is 0 Å². The Morgan fingerprint density at radius 3 is 2.62 bits per heavy atom. The molecule has 1 rings (SSSR count). The van der Waals surface area contributed by atoms with Crippen molar-refractivity contribution in [1.82, 2.24) is 5.32 Å². The van der Waals surface area contributed by atoms with Crippen molar-refractivity contribution in [2.24, 2.45) is 5.92 Å². The molecule has 1 aromatic heterocycles. The summed E-state index contributed by atoms with van der Waals surface area (Å²) in [6, 6.07) is 3.22. The summed E-state index contributed by atoms with van der Waals surface area (Å²) in [6.07, 6.45) is 0.620. The van der Waals surface area contributed by atoms with Crippen molar-refractivity contribution in [1.29, 1.82) is 0 Å². The summed E-state index contributed by atoms with van der Waals surface area (Å²) in [7, 11) is 0. The molecule has 0 spiro atoms. The fraction of sp³-hybridized carbons (Fsp3) is 0.583. The summed E-state index contributed by atoms with van der Waals surface area (Å²) >= 11 is 0. The number of carbonyl (C=O) groups is 1. The van der Waals surface area contributed by atoms with E-state index in [1.54, 1.807) is 0 Å². The number of rotatable bonds is 6. The molecule has 0 unspecified atom stereocenters. The van der Waals surface area contributed by atoms with E-state index in [1.165, 1.54) is 0 Å². The van der Waals surface area contributed by atoms with Gasteiger partial charge in [0.1, 0.15) is 17.6 Å². The lowest BCUT2D eigenvalue weighted by Crippen LogP contribution is -2.37. The maximum absolute atomic E-state index is 11.0. The molecule has 0 aliphatic rings. The van der Waals surface area contributed by atoms with Crippen molar-refractivity contribution in [3.8, 4) is 0 Å². The first-order valence-electron chi connectivity index (χ1n) is 5.50. The van der Waals surface area contributed by atoms with E-state index in [1.807, 2.05) is 32.9 Å². The topological polar surface area (TPSA) is 62.5 Å². The zero-order chi connectivity index (χ0) is 12.1. The van der Waals surface area contributed by atoms with Gasteiger partial charge in [0.05, 0.1) is 6.54 Å². The molecule has 4 heteroatoms. The van der Waals surface area contributed by atoms with Crippen molar-refractivity contribution in [3.63, 3.8) is 0 Å². The second-order valence-corrected chi connectivity index (χ2v) is 4.41. The predicted molar refractivity (Wildman–Crippen MR) is 61.2 cm³/mol. The normalized spacial score (nSPS) is 13.0. The fourth-order valence-electron chi connectivity index (χ4n) is 1.55. The minimum Gasteiger partial charge on any atom is -0.480 e. The monoisotopic (exact) mass is 225 g/mol. The summed E-state index contributed by atoms with van der Waals surface area (Å²) in [5, 5.41) is 12.0. The molecule has 0 radical (unpaired) electrons. The van der Waals surface area contributed by atoms with Gasteiger partial charge in [0.25, 0.3) is 0 Å². The molecule has 2 N–H and O–H groups in total. The first kappa shape index (κ1) is 12.8. The number of nitrogens with one attached hydrogen (secondary N) is 1. The van der Waals surface area contributed by atoms with Crippen molar-refractivity contribution in [2.75, 3.05) is 0 Å². The van der Waals surface area contributed by atoms with Crippen molar-refractivity contribution >= 4 is 5.97 Å². The van der Waals surface area contributed by atoms with E-state index in [0.29, 0.717) is 18.9 Å². The zero-order valence-corrected chi connectivity index (χ0v) is 9.99. The summed E-state index contributed by atoms with van der Waals surface area (Å²) in [6.45, 7) is 6.34. The van der Waals surface area contributed by atoms with Gasteiger partial charge in [0, 0.05) is 0 Å². The predicted octanol–water partition coefficient (Wildman–Crippen LogP) is 2.18. The van der Waals surface area contributed by atoms with E-state index in [2.05, 4.69) is 5.32 Å². The summed E-state index contributed by atoms with van der Waals surface area (Å²) in [5.74, 6) is 1.16. The van der Waals surface area contributed by atoms with Crippen molar-refractivity contribution in [2.45, 2.75) is 39.8 Å². The number of aryl methyl sites for hydroxylation is 1. The minimum absolute atomic E-state index is 0.354. The molecule has 0 fully saturated rings. The molecule has 0 aliphatic carbocycles. The number of hydrogen-bond donors (Lipinski definition) is 2. The zero-order valence-electron chi connectivity index (χ0n) is 9.99. The SMILES string of the molecule is Cc1ccc(CN[C@H](CC(C)C)C(=O)O)o1. The summed E-state index contributed by atoms with van der Waals surface area (Å²) in [5.41, 5.74) is 0. The van der Waals surface area contributed by atoms with Crippen LogP contribution in [0, 0.1) is 12.8 Å². The van der Waals surface area contributed by atoms with Gasteiger partial charge in [-0.2, -0.15) is 0 Å². The number of carboxylic acid groups (broad SMARTS) is 1. The molecule has 0 saturated carbocycles. The number of hydrogen-bond acceptors (Lipinski definition) is 3. The van der Waals surface area contributed by atoms with Crippen LogP contribution in [0.15, 0.2) is 16.5 Å². The third kappa shape index (κ3) is 4.06. The van der Waals surface area contributed by atoms with Crippen molar-refractivity contribution in [3.05, 3.63) is 23.7 Å². The van der Waals surface area contributed by atoms with Gasteiger partial charge in [-0.25, -0.2) is 0 Å². The maximum atomic E-state index is 11.0. The molecule has 1 aromatic rings. The molecule has 0 aliphatic heterocycles. The average molecular weight is 225 g/mol. The van der Waals surface area contributed by atoms with Gasteiger partial charge in [-0.15, -0.1) is 0 Å². The molecule has 0 aromatic carbocycles. The van der Waals surface area contributed by atoms with Crippen LogP contribution in [0.2, 0.25) is 0 Å². The Balaban J connectivity index is 2.46. The van der Waals surface area contributed by atoms with Crippen molar-refractivity contribution < 1.29 is 14.3 Å². The summed E-state index contributed by atoms with van der Waals surface area (Å²) in [4.78, 5) is 11.0. The molecule has 0 bridgehead atoms. The van der Waals surface area contributed by atoms with E-state index in [9.17, 15) is 4.79 Å². The quantitative estimate of drug-likeness (QED) is 0.779. The Kier molecular flexibility index (Phi) is 4.55. The third-order valence-electron chi connectivity index (χ3n) is 2.32. The van der Waals surface area contributed by atoms with Crippen LogP contribution in [0.3, 0.4) is 0 Å². The Bertz CT molecular complexity index is 344. The van der Waals surface area contributed by atoms with Gasteiger partial charge >= 0.3 is 5.97 Å². The molecule has 16 heavy (non-hydrogen) atoms. The first-order chi connectivity index (χ1) is 7.49. The van der Waals surface area contributed by atoms with E-state index in [0.717, 1.165) is 11.5 Å². The Hall–Kier alpha value is -1.29. The maximum Gasteiger partial charge on any atom is 0.320 e. The van der Waals surface area contributed by atoms with Crippen LogP contribution in [0.25, 0.3) is 0 Å². The van der Waals surface area contributed by atoms with Crippen LogP contribution in [0.1, 0.15) is 31.8 Å². The highest BCUT2D eigenvalue weighted by molar-refractivity contribution is 5.73. The number of furan rings is 1. The van der Waals surface area contributed by atoms with Crippen LogP contribution < -0.4 is 5.32 Å². The van der Waals surface area contributed by atoms with E-state index in [-0.39, 0.29) is 0 Å². The van der Waals surface area contributed by atoms with E-state index in [4.69, 9.17) is 9.52 Å². The fourth-order valence-corrected chi connectivity index (χ4v) is 1.55. The lowest BCUT2D eigenvalue weighted by Gasteiger charge is -2.15. The Labute approximate surface area is 95.7 Å². The van der Waals surface area contributed by atoms with Crippen LogP contribution in [-0.4, -0.2) is 17.1 Å². The second kappa shape index (κ2) is 5.70. The highest BCUT2D eigenvalue weighted by atomic mass is 16.4.